The average Bonchev–Trinajstić information content (AvgIpc) is 2.81. The van der Waals surface area contributed by atoms with Crippen LogP contribution in [-0.4, -0.2) is 16.5 Å². The number of aromatic nitrogens is 2. The van der Waals surface area contributed by atoms with Crippen LogP contribution in [0.4, 0.5) is 0 Å². The van der Waals surface area contributed by atoms with Gasteiger partial charge in [0, 0.05) is 11.3 Å². The van der Waals surface area contributed by atoms with Gasteiger partial charge in [-0.3, -0.25) is 0 Å². The van der Waals surface area contributed by atoms with Crippen molar-refractivity contribution < 1.29 is 0 Å². The van der Waals surface area contributed by atoms with Gasteiger partial charge in [0.15, 0.2) is 0 Å². The second-order valence-corrected chi connectivity index (χ2v) is 5.17. The predicted molar refractivity (Wildman–Crippen MR) is 73.3 cm³/mol. The van der Waals surface area contributed by atoms with Crippen molar-refractivity contribution in [3.8, 4) is 11.4 Å². The van der Waals surface area contributed by atoms with Crippen molar-refractivity contribution in [1.82, 2.24) is 9.97 Å². The van der Waals surface area contributed by atoms with Gasteiger partial charge in [-0.15, -0.1) is 0 Å². The van der Waals surface area contributed by atoms with Gasteiger partial charge in [0.25, 0.3) is 0 Å². The SMILES string of the molecule is Cc1ccccc1-c1nc2c([nH]1)CC(CN)CC2. The molecule has 1 aromatic heterocycles. The molecule has 94 valence electrons. The highest BCUT2D eigenvalue weighted by Gasteiger charge is 2.21. The number of fused-ring (bicyclic) bond motifs is 1. The van der Waals surface area contributed by atoms with Crippen LogP contribution in [0.3, 0.4) is 0 Å². The molecule has 1 atom stereocenters. The van der Waals surface area contributed by atoms with Crippen molar-refractivity contribution in [1.29, 1.82) is 0 Å². The number of aromatic amines is 1. The summed E-state index contributed by atoms with van der Waals surface area (Å²) in [6.45, 7) is 2.90. The molecule has 3 heteroatoms. The van der Waals surface area contributed by atoms with Gasteiger partial charge in [0.1, 0.15) is 5.82 Å². The lowest BCUT2D eigenvalue weighted by Crippen LogP contribution is -2.22. The standard InChI is InChI=1S/C15H19N3/c1-10-4-2-3-5-12(10)15-17-13-7-6-11(9-16)8-14(13)18-15/h2-5,11H,6-9,16H2,1H3,(H,17,18). The number of H-pyrrole nitrogens is 1. The first-order valence-corrected chi connectivity index (χ1v) is 6.61. The topological polar surface area (TPSA) is 54.7 Å². The molecule has 0 spiro atoms. The van der Waals surface area contributed by atoms with E-state index in [1.54, 1.807) is 0 Å². The maximum Gasteiger partial charge on any atom is 0.138 e. The maximum absolute atomic E-state index is 5.77. The Kier molecular flexibility index (Phi) is 2.92. The lowest BCUT2D eigenvalue weighted by Gasteiger charge is -2.18. The molecule has 0 aliphatic heterocycles. The molecule has 0 bridgehead atoms. The highest BCUT2D eigenvalue weighted by atomic mass is 14.9. The molecule has 3 N–H and O–H groups in total. The fraction of sp³-hybridized carbons (Fsp3) is 0.400. The van der Waals surface area contributed by atoms with Gasteiger partial charge >= 0.3 is 0 Å². The summed E-state index contributed by atoms with van der Waals surface area (Å²) in [6, 6.07) is 8.37. The molecule has 18 heavy (non-hydrogen) atoms. The van der Waals surface area contributed by atoms with Crippen molar-refractivity contribution in [3.63, 3.8) is 0 Å². The number of imidazole rings is 1. The van der Waals surface area contributed by atoms with Crippen LogP contribution in [0.25, 0.3) is 11.4 Å². The van der Waals surface area contributed by atoms with E-state index >= 15 is 0 Å². The van der Waals surface area contributed by atoms with E-state index in [0.29, 0.717) is 5.92 Å². The Morgan fingerprint density at radius 1 is 1.39 bits per heavy atom. The van der Waals surface area contributed by atoms with Crippen molar-refractivity contribution in [2.75, 3.05) is 6.54 Å². The van der Waals surface area contributed by atoms with Gasteiger partial charge in [-0.25, -0.2) is 4.98 Å². The third-order valence-corrected chi connectivity index (χ3v) is 3.88. The van der Waals surface area contributed by atoms with Crippen LogP contribution in [-0.2, 0) is 12.8 Å². The van der Waals surface area contributed by atoms with Crippen molar-refractivity contribution in [2.45, 2.75) is 26.2 Å². The molecule has 1 aromatic carbocycles. The van der Waals surface area contributed by atoms with Crippen molar-refractivity contribution in [3.05, 3.63) is 41.2 Å². The highest BCUT2D eigenvalue weighted by molar-refractivity contribution is 5.60. The number of aryl methyl sites for hydroxylation is 2. The van der Waals surface area contributed by atoms with E-state index < -0.39 is 0 Å². The monoisotopic (exact) mass is 241 g/mol. The van der Waals surface area contributed by atoms with Crippen molar-refractivity contribution >= 4 is 0 Å². The van der Waals surface area contributed by atoms with Crippen LogP contribution >= 0.6 is 0 Å². The van der Waals surface area contributed by atoms with E-state index in [4.69, 9.17) is 10.7 Å². The summed E-state index contributed by atoms with van der Waals surface area (Å²) in [7, 11) is 0. The fourth-order valence-electron chi connectivity index (χ4n) is 2.72. The molecule has 0 radical (unpaired) electrons. The molecule has 1 unspecified atom stereocenters. The summed E-state index contributed by atoms with van der Waals surface area (Å²) < 4.78 is 0. The number of rotatable bonds is 2. The summed E-state index contributed by atoms with van der Waals surface area (Å²) in [6.07, 6.45) is 3.27. The molecule has 0 saturated carbocycles. The number of nitrogens with one attached hydrogen (secondary N) is 1. The van der Waals surface area contributed by atoms with Crippen LogP contribution in [0.5, 0.6) is 0 Å². The molecule has 0 fully saturated rings. The average molecular weight is 241 g/mol. The third-order valence-electron chi connectivity index (χ3n) is 3.88. The number of nitrogens with two attached hydrogens (primary N) is 1. The number of benzene rings is 1. The normalized spacial score (nSPS) is 18.7. The van der Waals surface area contributed by atoms with Gasteiger partial charge in [-0.2, -0.15) is 0 Å². The van der Waals surface area contributed by atoms with E-state index in [1.165, 1.54) is 28.9 Å². The Morgan fingerprint density at radius 3 is 3.00 bits per heavy atom. The summed E-state index contributed by atoms with van der Waals surface area (Å²) >= 11 is 0. The molecule has 0 saturated heterocycles. The van der Waals surface area contributed by atoms with Gasteiger partial charge in [0.05, 0.1) is 5.69 Å². The highest BCUT2D eigenvalue weighted by Crippen LogP contribution is 2.27. The molecule has 2 aromatic rings. The van der Waals surface area contributed by atoms with Crippen LogP contribution in [0.1, 0.15) is 23.4 Å². The molecular weight excluding hydrogens is 222 g/mol. The molecule has 1 aliphatic carbocycles. The molecule has 1 aliphatic rings. The van der Waals surface area contributed by atoms with Gasteiger partial charge < -0.3 is 10.7 Å². The minimum Gasteiger partial charge on any atom is -0.342 e. The van der Waals surface area contributed by atoms with Gasteiger partial charge in [0.2, 0.25) is 0 Å². The maximum atomic E-state index is 5.77. The molecule has 1 heterocycles. The molecule has 3 rings (SSSR count). The van der Waals surface area contributed by atoms with Crippen molar-refractivity contribution in [2.24, 2.45) is 11.7 Å². The fourth-order valence-corrected chi connectivity index (χ4v) is 2.72. The zero-order valence-electron chi connectivity index (χ0n) is 10.7. The molecular formula is C15H19N3. The largest absolute Gasteiger partial charge is 0.342 e. The van der Waals surface area contributed by atoms with Crippen LogP contribution < -0.4 is 5.73 Å². The first kappa shape index (κ1) is 11.5. The summed E-state index contributed by atoms with van der Waals surface area (Å²) in [5.74, 6) is 1.62. The van der Waals surface area contributed by atoms with Crippen LogP contribution in [0, 0.1) is 12.8 Å². The molecule has 0 amide bonds. The number of nitrogens with zero attached hydrogens (tertiary/aromatic N) is 1. The van der Waals surface area contributed by atoms with E-state index in [-0.39, 0.29) is 0 Å². The zero-order chi connectivity index (χ0) is 12.5. The Morgan fingerprint density at radius 2 is 2.22 bits per heavy atom. The van der Waals surface area contributed by atoms with Crippen LogP contribution in [0.15, 0.2) is 24.3 Å². The van der Waals surface area contributed by atoms with E-state index in [9.17, 15) is 0 Å². The Balaban J connectivity index is 1.97. The van der Waals surface area contributed by atoms with Gasteiger partial charge in [-0.05, 0) is 44.2 Å². The van der Waals surface area contributed by atoms with E-state index in [0.717, 1.165) is 25.2 Å². The summed E-state index contributed by atoms with van der Waals surface area (Å²) in [5, 5.41) is 0. The summed E-state index contributed by atoms with van der Waals surface area (Å²) in [5.41, 5.74) is 10.8. The lowest BCUT2D eigenvalue weighted by atomic mass is 9.90. The Bertz CT molecular complexity index is 557. The quantitative estimate of drug-likeness (QED) is 0.848. The minimum atomic E-state index is 0.614. The minimum absolute atomic E-state index is 0.614. The number of hydrogen-bond donors (Lipinski definition) is 2. The predicted octanol–water partition coefficient (Wildman–Crippen LogP) is 2.45. The van der Waals surface area contributed by atoms with Crippen LogP contribution in [0.2, 0.25) is 0 Å². The lowest BCUT2D eigenvalue weighted by molar-refractivity contribution is 0.461. The number of hydrogen-bond acceptors (Lipinski definition) is 2. The van der Waals surface area contributed by atoms with Gasteiger partial charge in [-0.1, -0.05) is 24.3 Å². The Labute approximate surface area is 107 Å². The first-order valence-electron chi connectivity index (χ1n) is 6.61. The zero-order valence-corrected chi connectivity index (χ0v) is 10.7. The first-order chi connectivity index (χ1) is 8.78. The second-order valence-electron chi connectivity index (χ2n) is 5.17. The van der Waals surface area contributed by atoms with E-state index in [2.05, 4.69) is 36.2 Å². The smallest absolute Gasteiger partial charge is 0.138 e. The molecule has 3 nitrogen and oxygen atoms in total. The Hall–Kier alpha value is -1.61. The van der Waals surface area contributed by atoms with E-state index in [1.807, 2.05) is 0 Å². The summed E-state index contributed by atoms with van der Waals surface area (Å²) in [4.78, 5) is 8.24. The third kappa shape index (κ3) is 1.95. The second kappa shape index (κ2) is 4.58.